The lowest BCUT2D eigenvalue weighted by molar-refractivity contribution is -0.119. The van der Waals surface area contributed by atoms with Gasteiger partial charge in [0.1, 0.15) is 0 Å². The molecule has 110 valence electrons. The van der Waals surface area contributed by atoms with E-state index in [9.17, 15) is 4.79 Å². The summed E-state index contributed by atoms with van der Waals surface area (Å²) < 4.78 is 0. The van der Waals surface area contributed by atoms with E-state index in [1.165, 1.54) is 5.56 Å². The Hall–Kier alpha value is -1.52. The molecule has 1 atom stereocenters. The molecule has 0 aliphatic rings. The van der Waals surface area contributed by atoms with Gasteiger partial charge >= 0.3 is 0 Å². The van der Waals surface area contributed by atoms with E-state index in [-0.39, 0.29) is 11.9 Å². The van der Waals surface area contributed by atoms with Crippen molar-refractivity contribution in [3.05, 3.63) is 64.9 Å². The third kappa shape index (κ3) is 5.40. The lowest BCUT2D eigenvalue weighted by Gasteiger charge is -2.13. The van der Waals surface area contributed by atoms with Crippen LogP contribution in [0.5, 0.6) is 0 Å². The largest absolute Gasteiger partial charge is 0.349 e. The molecule has 0 saturated heterocycles. The Morgan fingerprint density at radius 1 is 1.24 bits per heavy atom. The van der Waals surface area contributed by atoms with Crippen molar-refractivity contribution in [2.75, 3.05) is 5.75 Å². The fourth-order valence-electron chi connectivity index (χ4n) is 1.86. The molecule has 0 fully saturated rings. The van der Waals surface area contributed by atoms with Crippen molar-refractivity contribution in [1.29, 1.82) is 0 Å². The van der Waals surface area contributed by atoms with Crippen molar-refractivity contribution in [3.63, 3.8) is 0 Å². The standard InChI is InChI=1S/C16H17ClN2OS/c1-12(14-6-8-18-9-7-14)19-16(20)11-21-10-13-2-4-15(17)5-3-13/h2-9,12H,10-11H2,1H3,(H,19,20). The minimum atomic E-state index is -0.00312. The van der Waals surface area contributed by atoms with Gasteiger partial charge in [-0.25, -0.2) is 0 Å². The normalized spacial score (nSPS) is 11.9. The molecule has 21 heavy (non-hydrogen) atoms. The van der Waals surface area contributed by atoms with Gasteiger partial charge < -0.3 is 5.32 Å². The van der Waals surface area contributed by atoms with E-state index in [4.69, 9.17) is 11.6 Å². The average Bonchev–Trinajstić information content (AvgIpc) is 2.50. The lowest BCUT2D eigenvalue weighted by atomic mass is 10.1. The maximum atomic E-state index is 11.9. The summed E-state index contributed by atoms with van der Waals surface area (Å²) in [7, 11) is 0. The fourth-order valence-corrected chi connectivity index (χ4v) is 2.79. The summed E-state index contributed by atoms with van der Waals surface area (Å²) in [5, 5.41) is 3.71. The van der Waals surface area contributed by atoms with Crippen molar-refractivity contribution in [3.8, 4) is 0 Å². The number of benzene rings is 1. The molecule has 1 aromatic heterocycles. The summed E-state index contributed by atoms with van der Waals surface area (Å²) in [6, 6.07) is 11.5. The Balaban J connectivity index is 1.73. The molecule has 3 nitrogen and oxygen atoms in total. The van der Waals surface area contributed by atoms with Gasteiger partial charge in [0.25, 0.3) is 0 Å². The molecule has 1 N–H and O–H groups in total. The minimum absolute atomic E-state index is 0.00312. The van der Waals surface area contributed by atoms with Crippen LogP contribution in [0, 0.1) is 0 Å². The zero-order chi connectivity index (χ0) is 15.1. The number of amides is 1. The number of carbonyl (C=O) groups is 1. The lowest BCUT2D eigenvalue weighted by Crippen LogP contribution is -2.28. The Morgan fingerprint density at radius 3 is 2.57 bits per heavy atom. The molecule has 0 aliphatic heterocycles. The summed E-state index contributed by atoms with van der Waals surface area (Å²) >= 11 is 7.43. The first-order valence-electron chi connectivity index (χ1n) is 6.66. The average molecular weight is 321 g/mol. The molecule has 0 radical (unpaired) electrons. The summed E-state index contributed by atoms with van der Waals surface area (Å²) in [5.74, 6) is 1.28. The van der Waals surface area contributed by atoms with E-state index >= 15 is 0 Å². The van der Waals surface area contributed by atoms with Gasteiger partial charge in [0.2, 0.25) is 5.91 Å². The zero-order valence-corrected chi connectivity index (χ0v) is 13.3. The van der Waals surface area contributed by atoms with E-state index in [1.807, 2.05) is 43.3 Å². The Labute approximate surface area is 134 Å². The monoisotopic (exact) mass is 320 g/mol. The molecule has 0 aliphatic carbocycles. The van der Waals surface area contributed by atoms with Gasteiger partial charge in [-0.1, -0.05) is 23.7 Å². The summed E-state index contributed by atoms with van der Waals surface area (Å²) in [5.41, 5.74) is 2.22. The highest BCUT2D eigenvalue weighted by Gasteiger charge is 2.09. The van der Waals surface area contributed by atoms with Gasteiger partial charge in [0.15, 0.2) is 0 Å². The van der Waals surface area contributed by atoms with Crippen LogP contribution in [0.15, 0.2) is 48.8 Å². The first kappa shape index (κ1) is 15.9. The minimum Gasteiger partial charge on any atom is -0.349 e. The Bertz CT molecular complexity index is 575. The number of nitrogens with one attached hydrogen (secondary N) is 1. The summed E-state index contributed by atoms with van der Waals surface area (Å²) in [6.07, 6.45) is 3.46. The highest BCUT2D eigenvalue weighted by Crippen LogP contribution is 2.16. The number of carbonyl (C=O) groups excluding carboxylic acids is 1. The van der Waals surface area contributed by atoms with E-state index in [0.29, 0.717) is 5.75 Å². The molecular formula is C16H17ClN2OS. The van der Waals surface area contributed by atoms with Crippen LogP contribution >= 0.6 is 23.4 Å². The van der Waals surface area contributed by atoms with Gasteiger partial charge in [-0.15, -0.1) is 11.8 Å². The van der Waals surface area contributed by atoms with Crippen molar-refractivity contribution in [1.82, 2.24) is 10.3 Å². The van der Waals surface area contributed by atoms with E-state index in [1.54, 1.807) is 24.2 Å². The summed E-state index contributed by atoms with van der Waals surface area (Å²) in [6.45, 7) is 1.97. The van der Waals surface area contributed by atoms with Crippen LogP contribution in [0.1, 0.15) is 24.1 Å². The quantitative estimate of drug-likeness (QED) is 0.879. The third-order valence-electron chi connectivity index (χ3n) is 3.00. The fraction of sp³-hybridized carbons (Fsp3) is 0.250. The second kappa shape index (κ2) is 8.05. The molecule has 1 aromatic carbocycles. The topological polar surface area (TPSA) is 42.0 Å². The second-order valence-electron chi connectivity index (χ2n) is 4.69. The van der Waals surface area contributed by atoms with Crippen LogP contribution in [-0.4, -0.2) is 16.6 Å². The number of pyridine rings is 1. The molecule has 2 rings (SSSR count). The van der Waals surface area contributed by atoms with Gasteiger partial charge in [0.05, 0.1) is 11.8 Å². The van der Waals surface area contributed by atoms with E-state index in [0.717, 1.165) is 16.3 Å². The predicted octanol–water partition coefficient (Wildman–Crippen LogP) is 3.85. The van der Waals surface area contributed by atoms with E-state index < -0.39 is 0 Å². The molecule has 0 bridgehead atoms. The Morgan fingerprint density at radius 2 is 1.90 bits per heavy atom. The number of thioether (sulfide) groups is 1. The van der Waals surface area contributed by atoms with Crippen LogP contribution in [0.3, 0.4) is 0 Å². The molecule has 2 aromatic rings. The maximum absolute atomic E-state index is 11.9. The van der Waals surface area contributed by atoms with Gasteiger partial charge in [-0.3, -0.25) is 9.78 Å². The third-order valence-corrected chi connectivity index (χ3v) is 4.25. The predicted molar refractivity (Wildman–Crippen MR) is 88.4 cm³/mol. The molecule has 1 amide bonds. The number of aromatic nitrogens is 1. The van der Waals surface area contributed by atoms with Crippen molar-refractivity contribution < 1.29 is 4.79 Å². The molecule has 1 heterocycles. The van der Waals surface area contributed by atoms with Crippen LogP contribution < -0.4 is 5.32 Å². The van der Waals surface area contributed by atoms with Crippen LogP contribution in [0.4, 0.5) is 0 Å². The highest BCUT2D eigenvalue weighted by molar-refractivity contribution is 7.99. The highest BCUT2D eigenvalue weighted by atomic mass is 35.5. The van der Waals surface area contributed by atoms with Crippen molar-refractivity contribution in [2.45, 2.75) is 18.7 Å². The number of halogens is 1. The van der Waals surface area contributed by atoms with Crippen LogP contribution in [0.25, 0.3) is 0 Å². The van der Waals surface area contributed by atoms with Gasteiger partial charge in [0, 0.05) is 23.2 Å². The molecule has 0 saturated carbocycles. The van der Waals surface area contributed by atoms with Crippen molar-refractivity contribution >= 4 is 29.3 Å². The van der Waals surface area contributed by atoms with Crippen LogP contribution in [0.2, 0.25) is 5.02 Å². The summed E-state index contributed by atoms with van der Waals surface area (Å²) in [4.78, 5) is 15.9. The van der Waals surface area contributed by atoms with Crippen LogP contribution in [-0.2, 0) is 10.5 Å². The molecule has 0 spiro atoms. The SMILES string of the molecule is CC(NC(=O)CSCc1ccc(Cl)cc1)c1ccncc1. The number of nitrogens with zero attached hydrogens (tertiary/aromatic N) is 1. The molecule has 1 unspecified atom stereocenters. The number of hydrogen-bond donors (Lipinski definition) is 1. The molecular weight excluding hydrogens is 304 g/mol. The second-order valence-corrected chi connectivity index (χ2v) is 6.11. The van der Waals surface area contributed by atoms with Gasteiger partial charge in [-0.05, 0) is 42.3 Å². The van der Waals surface area contributed by atoms with Crippen molar-refractivity contribution in [2.24, 2.45) is 0 Å². The van der Waals surface area contributed by atoms with E-state index in [2.05, 4.69) is 10.3 Å². The molecule has 5 heteroatoms. The number of rotatable bonds is 6. The zero-order valence-electron chi connectivity index (χ0n) is 11.8. The maximum Gasteiger partial charge on any atom is 0.230 e. The smallest absolute Gasteiger partial charge is 0.230 e. The first-order valence-corrected chi connectivity index (χ1v) is 8.20. The number of hydrogen-bond acceptors (Lipinski definition) is 3. The Kier molecular flexibility index (Phi) is 6.08. The first-order chi connectivity index (χ1) is 10.1. The van der Waals surface area contributed by atoms with Gasteiger partial charge in [-0.2, -0.15) is 0 Å².